The zero-order valence-corrected chi connectivity index (χ0v) is 21.8. The largest absolute Gasteiger partial charge is 0.458 e. The van der Waals surface area contributed by atoms with Crippen molar-refractivity contribution in [3.8, 4) is 11.3 Å². The average molecular weight is 450 g/mol. The van der Waals surface area contributed by atoms with E-state index < -0.39 is 0 Å². The lowest BCUT2D eigenvalue weighted by molar-refractivity contribution is 0.496. The molecule has 0 spiro atoms. The van der Waals surface area contributed by atoms with Gasteiger partial charge in [-0.05, 0) is 83.3 Å². The maximum absolute atomic E-state index is 6.66. The minimum Gasteiger partial charge on any atom is -0.458 e. The predicted molar refractivity (Wildman–Crippen MR) is 146 cm³/mol. The summed E-state index contributed by atoms with van der Waals surface area (Å²) < 4.78 is 6.66. The molecular weight excluding hydrogens is 414 g/mol. The van der Waals surface area contributed by atoms with Gasteiger partial charge in [-0.1, -0.05) is 65.0 Å². The Bertz CT molecular complexity index is 1560. The van der Waals surface area contributed by atoms with Crippen LogP contribution >= 0.6 is 0 Å². The molecule has 34 heavy (non-hydrogen) atoms. The van der Waals surface area contributed by atoms with Crippen LogP contribution in [0.25, 0.3) is 43.9 Å². The molecule has 0 unspecified atom stereocenters. The fourth-order valence-electron chi connectivity index (χ4n) is 5.39. The third-order valence-electron chi connectivity index (χ3n) is 6.94. The Morgan fingerprint density at radius 1 is 0.912 bits per heavy atom. The predicted octanol–water partition coefficient (Wildman–Crippen LogP) is 9.22. The zero-order chi connectivity index (χ0) is 24.4. The van der Waals surface area contributed by atoms with Crippen molar-refractivity contribution in [2.24, 2.45) is 5.92 Å². The van der Waals surface area contributed by atoms with Crippen molar-refractivity contribution in [2.45, 2.75) is 67.2 Å². The molecule has 5 aromatic rings. The number of furan rings is 1. The first-order chi connectivity index (χ1) is 16.0. The first-order valence-corrected chi connectivity index (χ1v) is 12.4. The smallest absolute Gasteiger partial charge is 0.161 e. The molecule has 2 nitrogen and oxygen atoms in total. The molecule has 0 saturated heterocycles. The van der Waals surface area contributed by atoms with Crippen LogP contribution in [0, 0.1) is 26.7 Å². The van der Waals surface area contributed by atoms with Crippen LogP contribution in [0.1, 0.15) is 62.6 Å². The molecule has 0 aliphatic rings. The van der Waals surface area contributed by atoms with E-state index in [4.69, 9.17) is 9.40 Å². The lowest BCUT2D eigenvalue weighted by Gasteiger charge is -2.23. The van der Waals surface area contributed by atoms with Crippen LogP contribution in [0.2, 0.25) is 0 Å². The summed E-state index contributed by atoms with van der Waals surface area (Å²) in [5.74, 6) is 1.61. The Morgan fingerprint density at radius 3 is 2.35 bits per heavy atom. The summed E-state index contributed by atoms with van der Waals surface area (Å²) in [6, 6.07) is 17.8. The lowest BCUT2D eigenvalue weighted by Crippen LogP contribution is -2.12. The third-order valence-corrected chi connectivity index (χ3v) is 6.94. The van der Waals surface area contributed by atoms with Gasteiger partial charge in [0.25, 0.3) is 0 Å². The van der Waals surface area contributed by atoms with Gasteiger partial charge < -0.3 is 4.42 Å². The highest BCUT2D eigenvalue weighted by Gasteiger charge is 2.24. The summed E-state index contributed by atoms with van der Waals surface area (Å²) in [6.45, 7) is 17.9. The van der Waals surface area contributed by atoms with E-state index in [0.29, 0.717) is 5.92 Å². The van der Waals surface area contributed by atoms with Crippen molar-refractivity contribution in [3.05, 3.63) is 76.5 Å². The van der Waals surface area contributed by atoms with Crippen LogP contribution in [-0.4, -0.2) is 4.98 Å². The molecule has 2 heteroatoms. The monoisotopic (exact) mass is 449 g/mol. The van der Waals surface area contributed by atoms with Crippen LogP contribution < -0.4 is 0 Å². The Labute approximate surface area is 203 Å². The molecular formula is C32H35NO. The van der Waals surface area contributed by atoms with Crippen molar-refractivity contribution in [1.29, 1.82) is 0 Å². The fourth-order valence-corrected chi connectivity index (χ4v) is 5.39. The number of fused-ring (bicyclic) bond motifs is 4. The highest BCUT2D eigenvalue weighted by Crippen LogP contribution is 2.42. The number of aromatic nitrogens is 1. The molecule has 2 aromatic heterocycles. The summed E-state index contributed by atoms with van der Waals surface area (Å²) in [7, 11) is 0. The molecule has 0 saturated carbocycles. The Kier molecular flexibility index (Phi) is 5.31. The van der Waals surface area contributed by atoms with Gasteiger partial charge in [-0.15, -0.1) is 0 Å². The molecule has 0 bridgehead atoms. The highest BCUT2D eigenvalue weighted by atomic mass is 16.3. The minimum absolute atomic E-state index is 0.0145. The van der Waals surface area contributed by atoms with Crippen molar-refractivity contribution in [1.82, 2.24) is 4.98 Å². The second-order valence-electron chi connectivity index (χ2n) is 11.4. The van der Waals surface area contributed by atoms with Crippen LogP contribution in [0.15, 0.2) is 52.9 Å². The summed E-state index contributed by atoms with van der Waals surface area (Å²) >= 11 is 0. The van der Waals surface area contributed by atoms with E-state index in [-0.39, 0.29) is 5.41 Å². The van der Waals surface area contributed by atoms with E-state index in [2.05, 4.69) is 104 Å². The number of hydrogen-bond donors (Lipinski definition) is 0. The third kappa shape index (κ3) is 3.70. The van der Waals surface area contributed by atoms with Crippen LogP contribution in [0.5, 0.6) is 0 Å². The SMILES string of the molecule is Cc1cc(C)c2c(c1)nc(-c1cc(C(C)(C)C)c3ccccc3c1)c1oc(CC(C)C)c(C)c12. The van der Waals surface area contributed by atoms with Crippen LogP contribution in [0.4, 0.5) is 0 Å². The lowest BCUT2D eigenvalue weighted by atomic mass is 9.82. The number of aryl methyl sites for hydroxylation is 3. The topological polar surface area (TPSA) is 26.0 Å². The van der Waals surface area contributed by atoms with Gasteiger partial charge in [-0.2, -0.15) is 0 Å². The number of nitrogens with zero attached hydrogens (tertiary/aromatic N) is 1. The highest BCUT2D eigenvalue weighted by molar-refractivity contribution is 6.12. The number of benzene rings is 3. The van der Waals surface area contributed by atoms with E-state index in [9.17, 15) is 0 Å². The quantitative estimate of drug-likeness (QED) is 0.274. The number of rotatable bonds is 3. The molecule has 2 heterocycles. The summed E-state index contributed by atoms with van der Waals surface area (Å²) in [6.07, 6.45) is 0.928. The van der Waals surface area contributed by atoms with E-state index in [1.54, 1.807) is 0 Å². The van der Waals surface area contributed by atoms with Gasteiger partial charge in [-0.3, -0.25) is 0 Å². The van der Waals surface area contributed by atoms with Crippen LogP contribution in [-0.2, 0) is 11.8 Å². The maximum atomic E-state index is 6.66. The van der Waals surface area contributed by atoms with Gasteiger partial charge in [0.05, 0.1) is 5.52 Å². The minimum atomic E-state index is 0.0145. The molecule has 174 valence electrons. The molecule has 0 amide bonds. The van der Waals surface area contributed by atoms with Crippen LogP contribution in [0.3, 0.4) is 0 Å². The van der Waals surface area contributed by atoms with Gasteiger partial charge in [0.2, 0.25) is 0 Å². The first-order valence-electron chi connectivity index (χ1n) is 12.4. The molecule has 0 atom stereocenters. The molecule has 5 rings (SSSR count). The van der Waals surface area contributed by atoms with E-state index in [0.717, 1.165) is 34.5 Å². The number of hydrogen-bond acceptors (Lipinski definition) is 2. The first kappa shape index (κ1) is 22.7. The second-order valence-corrected chi connectivity index (χ2v) is 11.4. The van der Waals surface area contributed by atoms with Gasteiger partial charge in [0.15, 0.2) is 5.58 Å². The van der Waals surface area contributed by atoms with Crippen molar-refractivity contribution < 1.29 is 4.42 Å². The zero-order valence-electron chi connectivity index (χ0n) is 21.8. The van der Waals surface area contributed by atoms with Crippen molar-refractivity contribution in [2.75, 3.05) is 0 Å². The van der Waals surface area contributed by atoms with Gasteiger partial charge >= 0.3 is 0 Å². The maximum Gasteiger partial charge on any atom is 0.161 e. The summed E-state index contributed by atoms with van der Waals surface area (Å²) in [4.78, 5) is 5.27. The summed E-state index contributed by atoms with van der Waals surface area (Å²) in [5.41, 5.74) is 9.13. The molecule has 0 N–H and O–H groups in total. The normalized spacial score (nSPS) is 12.5. The van der Waals surface area contributed by atoms with Crippen molar-refractivity contribution >= 4 is 32.6 Å². The Morgan fingerprint density at radius 2 is 1.65 bits per heavy atom. The Balaban J connectivity index is 1.93. The Hall–Kier alpha value is -3.13. The van der Waals surface area contributed by atoms with E-state index in [1.807, 2.05) is 0 Å². The standard InChI is InChI=1S/C32H35NO/c1-18(2)13-27-21(5)29-28-20(4)14-19(3)15-26(28)33-30(31(29)34-27)23-16-22-11-9-10-12-24(22)25(17-23)32(6,7)8/h9-12,14-18H,13H2,1-8H3. The fraction of sp³-hybridized carbons (Fsp3) is 0.344. The second kappa shape index (κ2) is 7.98. The molecule has 0 radical (unpaired) electrons. The summed E-state index contributed by atoms with van der Waals surface area (Å²) in [5, 5.41) is 4.99. The van der Waals surface area contributed by atoms with Gasteiger partial charge in [-0.25, -0.2) is 4.98 Å². The van der Waals surface area contributed by atoms with E-state index in [1.165, 1.54) is 43.8 Å². The van der Waals surface area contributed by atoms with Crippen molar-refractivity contribution in [3.63, 3.8) is 0 Å². The molecule has 0 aliphatic carbocycles. The van der Waals surface area contributed by atoms with Gasteiger partial charge in [0.1, 0.15) is 11.5 Å². The number of pyridine rings is 1. The average Bonchev–Trinajstić information content (AvgIpc) is 3.06. The van der Waals surface area contributed by atoms with Gasteiger partial charge in [0, 0.05) is 22.8 Å². The van der Waals surface area contributed by atoms with E-state index >= 15 is 0 Å². The molecule has 3 aromatic carbocycles. The molecule has 0 aliphatic heterocycles. The molecule has 0 fully saturated rings.